The number of aliphatic hydroxyl groups is 1. The lowest BCUT2D eigenvalue weighted by Crippen LogP contribution is -2.24. The highest BCUT2D eigenvalue weighted by molar-refractivity contribution is 7.46. The van der Waals surface area contributed by atoms with Crippen molar-refractivity contribution < 1.29 is 28.7 Å². The van der Waals surface area contributed by atoms with Gasteiger partial charge < -0.3 is 25.4 Å². The summed E-state index contributed by atoms with van der Waals surface area (Å²) in [7, 11) is -4.65. The first-order valence-corrected chi connectivity index (χ1v) is 7.46. The second kappa shape index (κ2) is 6.52. The van der Waals surface area contributed by atoms with Gasteiger partial charge in [0, 0.05) is 0 Å². The Kier molecular flexibility index (Phi) is 4.90. The Balaban J connectivity index is 2.07. The summed E-state index contributed by atoms with van der Waals surface area (Å²) in [5.41, 5.74) is 5.16. The average Bonchev–Trinajstić information content (AvgIpc) is 2.81. The van der Waals surface area contributed by atoms with Crippen LogP contribution in [-0.2, 0) is 20.6 Å². The Morgan fingerprint density at radius 2 is 2.23 bits per heavy atom. The lowest BCUT2D eigenvalue weighted by atomic mass is 10.4. The molecule has 0 aliphatic rings. The van der Waals surface area contributed by atoms with Gasteiger partial charge in [0.15, 0.2) is 11.2 Å². The summed E-state index contributed by atoms with van der Waals surface area (Å²) in [4.78, 5) is 38.8. The Morgan fingerprint density at radius 3 is 2.86 bits per heavy atom. The van der Waals surface area contributed by atoms with E-state index in [1.807, 2.05) is 0 Å². The molecule has 0 radical (unpaired) electrons. The third-order valence-corrected chi connectivity index (χ3v) is 3.06. The highest BCUT2D eigenvalue weighted by Crippen LogP contribution is 2.35. The molecule has 0 aromatic carbocycles. The maximum absolute atomic E-state index is 11.6. The van der Waals surface area contributed by atoms with E-state index in [-0.39, 0.29) is 23.8 Å². The van der Waals surface area contributed by atoms with Crippen LogP contribution in [0.2, 0.25) is 0 Å². The Morgan fingerprint density at radius 1 is 1.50 bits per heavy atom. The van der Waals surface area contributed by atoms with Gasteiger partial charge in [0.25, 0.3) is 5.56 Å². The van der Waals surface area contributed by atoms with E-state index >= 15 is 0 Å². The summed E-state index contributed by atoms with van der Waals surface area (Å²) in [6, 6.07) is 0. The van der Waals surface area contributed by atoms with Gasteiger partial charge in [-0.1, -0.05) is 0 Å². The molecule has 0 amide bonds. The highest BCUT2D eigenvalue weighted by Gasteiger charge is 2.19. The number of nitrogens with two attached hydrogens (primary N) is 1. The Hall–Kier alpha value is -1.82. The van der Waals surface area contributed by atoms with Crippen LogP contribution >= 0.6 is 7.82 Å². The van der Waals surface area contributed by atoms with Gasteiger partial charge in [-0.15, -0.1) is 0 Å². The van der Waals surface area contributed by atoms with Crippen molar-refractivity contribution in [3.8, 4) is 0 Å². The van der Waals surface area contributed by atoms with Gasteiger partial charge in [0.2, 0.25) is 5.95 Å². The van der Waals surface area contributed by atoms with E-state index in [0.717, 1.165) is 0 Å². The summed E-state index contributed by atoms with van der Waals surface area (Å²) in [6.07, 6.45) is 0.300. The highest BCUT2D eigenvalue weighted by atomic mass is 31.2. The summed E-state index contributed by atoms with van der Waals surface area (Å²) < 4.78 is 21.4. The molecule has 2 aromatic rings. The number of anilines is 1. The van der Waals surface area contributed by atoms with Gasteiger partial charge in [0.1, 0.15) is 12.8 Å². The fourth-order valence-corrected chi connectivity index (χ4v) is 1.95. The Bertz CT molecular complexity index is 752. The van der Waals surface area contributed by atoms with Crippen LogP contribution in [0.4, 0.5) is 5.95 Å². The average molecular weight is 335 g/mol. The molecule has 6 N–H and O–H groups in total. The molecule has 1 atom stereocenters. The number of ether oxygens (including phenoxy) is 1. The number of aromatic amines is 1. The number of aromatic nitrogens is 4. The number of phosphoric ester groups is 1. The van der Waals surface area contributed by atoms with Crippen molar-refractivity contribution in [2.45, 2.75) is 12.8 Å². The summed E-state index contributed by atoms with van der Waals surface area (Å²) in [6.45, 7) is -1.21. The quantitative estimate of drug-likeness (QED) is 0.359. The zero-order valence-corrected chi connectivity index (χ0v) is 12.0. The monoisotopic (exact) mass is 335 g/mol. The molecule has 0 aliphatic heterocycles. The predicted octanol–water partition coefficient (Wildman–Crippen LogP) is -1.85. The van der Waals surface area contributed by atoms with E-state index in [0.29, 0.717) is 0 Å². The fraction of sp³-hybridized carbons (Fsp3) is 0.444. The molecular formula is C9H14N5O7P. The molecule has 2 heterocycles. The van der Waals surface area contributed by atoms with Gasteiger partial charge in [0.05, 0.1) is 19.5 Å². The molecule has 1 unspecified atom stereocenters. The Labute approximate surface area is 122 Å². The number of H-pyrrole nitrogens is 1. The minimum absolute atomic E-state index is 0.0600. The first-order valence-electron chi connectivity index (χ1n) is 5.93. The van der Waals surface area contributed by atoms with Gasteiger partial charge >= 0.3 is 7.82 Å². The smallest absolute Gasteiger partial charge is 0.394 e. The van der Waals surface area contributed by atoms with Crippen LogP contribution in [0.1, 0.15) is 0 Å². The molecule has 0 saturated carbocycles. The molecule has 13 heteroatoms. The van der Waals surface area contributed by atoms with E-state index in [4.69, 9.17) is 25.4 Å². The van der Waals surface area contributed by atoms with Gasteiger partial charge in [-0.2, -0.15) is 4.98 Å². The van der Waals surface area contributed by atoms with Crippen LogP contribution in [-0.4, -0.2) is 53.7 Å². The number of nitrogens with zero attached hydrogens (tertiary/aromatic N) is 3. The SMILES string of the molecule is Nc1nc2c(ncn2COC(CO)COP(=O)(O)O)c(=O)[nH]1. The van der Waals surface area contributed by atoms with Crippen molar-refractivity contribution in [1.29, 1.82) is 0 Å². The maximum atomic E-state index is 11.6. The van der Waals surface area contributed by atoms with E-state index in [1.165, 1.54) is 10.9 Å². The number of rotatable bonds is 7. The molecule has 122 valence electrons. The van der Waals surface area contributed by atoms with Crippen molar-refractivity contribution >= 4 is 24.9 Å². The number of imidazole rings is 1. The number of aliphatic hydroxyl groups excluding tert-OH is 1. The maximum Gasteiger partial charge on any atom is 0.469 e. The second-order valence-electron chi connectivity index (χ2n) is 4.22. The standard InChI is InChI=1S/C9H14N5O7P/c10-9-12-7-6(8(16)13-9)11-3-14(7)4-20-5(1-15)2-21-22(17,18)19/h3,5,15H,1-2,4H2,(H2,17,18,19)(H3,10,12,13,16). The van der Waals surface area contributed by atoms with Crippen molar-refractivity contribution in [3.63, 3.8) is 0 Å². The topological polar surface area (TPSA) is 186 Å². The van der Waals surface area contributed by atoms with Crippen LogP contribution in [0, 0.1) is 0 Å². The van der Waals surface area contributed by atoms with Crippen molar-refractivity contribution in [3.05, 3.63) is 16.7 Å². The van der Waals surface area contributed by atoms with Crippen LogP contribution in [0.15, 0.2) is 11.1 Å². The van der Waals surface area contributed by atoms with Gasteiger partial charge in [-0.25, -0.2) is 9.55 Å². The predicted molar refractivity (Wildman–Crippen MR) is 72.5 cm³/mol. The van der Waals surface area contributed by atoms with Crippen molar-refractivity contribution in [1.82, 2.24) is 19.5 Å². The van der Waals surface area contributed by atoms with Crippen LogP contribution < -0.4 is 11.3 Å². The molecule has 0 aliphatic carbocycles. The van der Waals surface area contributed by atoms with E-state index in [1.54, 1.807) is 0 Å². The fourth-order valence-electron chi connectivity index (χ4n) is 1.58. The van der Waals surface area contributed by atoms with Crippen molar-refractivity contribution in [2.24, 2.45) is 0 Å². The minimum Gasteiger partial charge on any atom is -0.394 e. The first-order chi connectivity index (χ1) is 10.3. The van der Waals surface area contributed by atoms with Crippen LogP contribution in [0.3, 0.4) is 0 Å². The molecule has 2 aromatic heterocycles. The molecule has 0 spiro atoms. The minimum atomic E-state index is -4.65. The molecular weight excluding hydrogens is 321 g/mol. The van der Waals surface area contributed by atoms with Gasteiger partial charge in [-0.05, 0) is 0 Å². The summed E-state index contributed by atoms with van der Waals surface area (Å²) in [5, 5.41) is 9.08. The molecule has 2 rings (SSSR count). The first kappa shape index (κ1) is 16.5. The molecule has 0 saturated heterocycles. The van der Waals surface area contributed by atoms with Gasteiger partial charge in [-0.3, -0.25) is 18.9 Å². The number of nitrogen functional groups attached to an aromatic ring is 1. The summed E-state index contributed by atoms with van der Waals surface area (Å²) >= 11 is 0. The molecule has 22 heavy (non-hydrogen) atoms. The van der Waals surface area contributed by atoms with Crippen molar-refractivity contribution in [2.75, 3.05) is 18.9 Å². The van der Waals surface area contributed by atoms with Crippen LogP contribution in [0.25, 0.3) is 11.2 Å². The van der Waals surface area contributed by atoms with E-state index in [2.05, 4.69) is 19.5 Å². The summed E-state index contributed by atoms with van der Waals surface area (Å²) in [5.74, 6) is -0.0946. The van der Waals surface area contributed by atoms with E-state index in [9.17, 15) is 9.36 Å². The largest absolute Gasteiger partial charge is 0.469 e. The number of hydrogen-bond acceptors (Lipinski definition) is 8. The number of fused-ring (bicyclic) bond motifs is 1. The third kappa shape index (κ3) is 4.10. The van der Waals surface area contributed by atoms with E-state index < -0.39 is 32.7 Å². The lowest BCUT2D eigenvalue weighted by Gasteiger charge is -2.16. The lowest BCUT2D eigenvalue weighted by molar-refractivity contribution is -0.0479. The third-order valence-electron chi connectivity index (χ3n) is 2.57. The zero-order chi connectivity index (χ0) is 16.3. The number of nitrogens with one attached hydrogen (secondary N) is 1. The molecule has 0 fully saturated rings. The number of hydrogen-bond donors (Lipinski definition) is 5. The van der Waals surface area contributed by atoms with Crippen LogP contribution in [0.5, 0.6) is 0 Å². The number of phosphoric acid groups is 1. The molecule has 0 bridgehead atoms. The zero-order valence-electron chi connectivity index (χ0n) is 11.1. The molecule has 12 nitrogen and oxygen atoms in total. The second-order valence-corrected chi connectivity index (χ2v) is 5.46. The normalized spacial score (nSPS) is 13.6.